The number of ether oxygens (including phenoxy) is 1. The molecule has 1 aromatic carbocycles. The fourth-order valence-corrected chi connectivity index (χ4v) is 5.14. The molecule has 34 heavy (non-hydrogen) atoms. The Morgan fingerprint density at radius 2 is 2.18 bits per heavy atom. The van der Waals surface area contributed by atoms with Crippen LogP contribution in [0.15, 0.2) is 36.1 Å². The maximum absolute atomic E-state index is 15.5. The average Bonchev–Trinajstić information content (AvgIpc) is 3.36. The van der Waals surface area contributed by atoms with Gasteiger partial charge in [0, 0.05) is 30.2 Å². The van der Waals surface area contributed by atoms with Crippen LogP contribution in [0, 0.1) is 17.3 Å². The zero-order chi connectivity index (χ0) is 24.1. The van der Waals surface area contributed by atoms with Gasteiger partial charge in [0.05, 0.1) is 46.2 Å². The van der Waals surface area contributed by atoms with Crippen LogP contribution in [0.3, 0.4) is 0 Å². The molecule has 2 aromatic heterocycles. The van der Waals surface area contributed by atoms with E-state index in [1.54, 1.807) is 37.0 Å². The Kier molecular flexibility index (Phi) is 7.67. The number of nitrogens with zero attached hydrogens (tertiary/aromatic N) is 3. The van der Waals surface area contributed by atoms with E-state index in [1.165, 1.54) is 17.5 Å². The van der Waals surface area contributed by atoms with Crippen molar-refractivity contribution < 1.29 is 19.0 Å². The summed E-state index contributed by atoms with van der Waals surface area (Å²) in [6.07, 6.45) is 2.96. The summed E-state index contributed by atoms with van der Waals surface area (Å²) in [5.74, 6) is 5.91. The summed E-state index contributed by atoms with van der Waals surface area (Å²) in [7, 11) is 1.54. The number of piperidine rings is 1. The predicted molar refractivity (Wildman–Crippen MR) is 131 cm³/mol. The molecule has 0 bridgehead atoms. The van der Waals surface area contributed by atoms with Crippen LogP contribution in [0.5, 0.6) is 5.75 Å². The van der Waals surface area contributed by atoms with E-state index < -0.39 is 17.6 Å². The highest BCUT2D eigenvalue weighted by Gasteiger charge is 2.41. The first-order chi connectivity index (χ1) is 16.4. The van der Waals surface area contributed by atoms with Gasteiger partial charge in [-0.2, -0.15) is 0 Å². The normalized spacial score (nSPS) is 16.6. The molecule has 1 aliphatic rings. The van der Waals surface area contributed by atoms with Crippen molar-refractivity contribution in [3.8, 4) is 17.6 Å². The smallest absolute Gasteiger partial charge is 0.309 e. The maximum atomic E-state index is 15.5. The number of pyridine rings is 1. The number of benzene rings is 1. The van der Waals surface area contributed by atoms with E-state index in [9.17, 15) is 9.90 Å². The number of fused-ring (bicyclic) bond motifs is 1. The third kappa shape index (κ3) is 5.33. The molecule has 9 heteroatoms. The Hall–Kier alpha value is -2.73. The van der Waals surface area contributed by atoms with Crippen LogP contribution >= 0.6 is 22.9 Å². The quantitative estimate of drug-likeness (QED) is 0.439. The number of hydrogen-bond donors (Lipinski definition) is 1. The highest BCUT2D eigenvalue weighted by Crippen LogP contribution is 2.42. The number of halogens is 2. The van der Waals surface area contributed by atoms with Crippen molar-refractivity contribution in [2.24, 2.45) is 5.41 Å². The van der Waals surface area contributed by atoms with Gasteiger partial charge < -0.3 is 9.84 Å². The molecule has 0 unspecified atom stereocenters. The van der Waals surface area contributed by atoms with E-state index in [1.807, 2.05) is 0 Å². The maximum Gasteiger partial charge on any atom is 0.309 e. The van der Waals surface area contributed by atoms with E-state index >= 15 is 4.39 Å². The van der Waals surface area contributed by atoms with Crippen LogP contribution in [0.1, 0.15) is 42.3 Å². The van der Waals surface area contributed by atoms with Gasteiger partial charge in [-0.3, -0.25) is 19.7 Å². The summed E-state index contributed by atoms with van der Waals surface area (Å²) in [4.78, 5) is 23.6. The lowest BCUT2D eigenvalue weighted by Crippen LogP contribution is -2.44. The van der Waals surface area contributed by atoms with Gasteiger partial charge in [-0.15, -0.1) is 11.3 Å². The van der Waals surface area contributed by atoms with Gasteiger partial charge in [-0.05, 0) is 43.9 Å². The molecule has 1 N–H and O–H groups in total. The summed E-state index contributed by atoms with van der Waals surface area (Å²) in [5.41, 5.74) is 1.73. The van der Waals surface area contributed by atoms with E-state index in [2.05, 4.69) is 26.7 Å². The van der Waals surface area contributed by atoms with Gasteiger partial charge in [-0.25, -0.2) is 4.39 Å². The molecule has 0 radical (unpaired) electrons. The zero-order valence-corrected chi connectivity index (χ0v) is 20.3. The van der Waals surface area contributed by atoms with Crippen molar-refractivity contribution in [2.75, 3.05) is 26.7 Å². The van der Waals surface area contributed by atoms with Crippen LogP contribution in [0.2, 0.25) is 5.02 Å². The molecule has 6 nitrogen and oxygen atoms in total. The Bertz CT molecular complexity index is 1220. The van der Waals surface area contributed by atoms with Crippen LogP contribution in [-0.2, 0) is 4.79 Å². The van der Waals surface area contributed by atoms with Crippen molar-refractivity contribution >= 4 is 39.8 Å². The third-order valence-corrected chi connectivity index (χ3v) is 7.46. The molecule has 0 spiro atoms. The third-order valence-electron chi connectivity index (χ3n) is 6.47. The number of thiazole rings is 1. The second kappa shape index (κ2) is 10.7. The highest BCUT2D eigenvalue weighted by molar-refractivity contribution is 7.10. The molecule has 0 aliphatic carbocycles. The molecule has 3 heterocycles. The predicted octanol–water partition coefficient (Wildman–Crippen LogP) is 5.36. The van der Waals surface area contributed by atoms with Crippen molar-refractivity contribution in [2.45, 2.75) is 31.9 Å². The lowest BCUT2D eigenvalue weighted by molar-refractivity contribution is -0.152. The second-order valence-corrected chi connectivity index (χ2v) is 9.73. The van der Waals surface area contributed by atoms with Crippen LogP contribution in [0.25, 0.3) is 10.9 Å². The van der Waals surface area contributed by atoms with E-state index in [0.717, 1.165) is 4.88 Å². The lowest BCUT2D eigenvalue weighted by Gasteiger charge is -2.38. The summed E-state index contributed by atoms with van der Waals surface area (Å²) in [6.45, 7) is 1.79. The Balaban J connectivity index is 1.43. The Labute approximate surface area is 206 Å². The second-order valence-electron chi connectivity index (χ2n) is 8.44. The number of alkyl halides is 1. The molecular formula is C25H25ClFN3O3S. The van der Waals surface area contributed by atoms with E-state index in [-0.39, 0.29) is 17.9 Å². The van der Waals surface area contributed by atoms with Gasteiger partial charge in [-0.1, -0.05) is 23.4 Å². The molecule has 178 valence electrons. The average molecular weight is 502 g/mol. The molecule has 1 atom stereocenters. The Morgan fingerprint density at radius 1 is 1.38 bits per heavy atom. The molecule has 1 fully saturated rings. The highest BCUT2D eigenvalue weighted by atomic mass is 35.5. The van der Waals surface area contributed by atoms with Gasteiger partial charge in [0.15, 0.2) is 0 Å². The molecule has 3 aromatic rings. The number of rotatable bonds is 7. The first kappa shape index (κ1) is 24.4. The molecule has 0 saturated carbocycles. The summed E-state index contributed by atoms with van der Waals surface area (Å²) in [5, 5.41) is 10.8. The number of hydrogen-bond acceptors (Lipinski definition) is 6. The molecule has 1 saturated heterocycles. The van der Waals surface area contributed by atoms with Gasteiger partial charge in [0.2, 0.25) is 0 Å². The monoisotopic (exact) mass is 501 g/mol. The fraction of sp³-hybridized carbons (Fsp3) is 0.400. The zero-order valence-electron chi connectivity index (χ0n) is 18.8. The number of carbonyl (C=O) groups is 1. The number of aromatic nitrogens is 2. The fourth-order valence-electron chi connectivity index (χ4n) is 4.39. The van der Waals surface area contributed by atoms with Crippen molar-refractivity contribution in [3.63, 3.8) is 0 Å². The van der Waals surface area contributed by atoms with Gasteiger partial charge in [0.25, 0.3) is 0 Å². The van der Waals surface area contributed by atoms with Gasteiger partial charge in [0.1, 0.15) is 11.9 Å². The lowest BCUT2D eigenvalue weighted by atomic mass is 9.74. The first-order valence-corrected chi connectivity index (χ1v) is 12.3. The van der Waals surface area contributed by atoms with Crippen LogP contribution < -0.4 is 4.74 Å². The summed E-state index contributed by atoms with van der Waals surface area (Å²) in [6, 6.07) is 5.23. The van der Waals surface area contributed by atoms with Crippen LogP contribution in [-0.4, -0.2) is 52.7 Å². The SMILES string of the molecule is COc1ccc2ncc(Cl)c([C@H](F)CCC3(C(=O)O)CCN(CC#Cc4cncs4)CC3)c2c1. The number of likely N-dealkylation sites (tertiary alicyclic amines) is 1. The number of carboxylic acids is 1. The van der Waals surface area contributed by atoms with Crippen molar-refractivity contribution in [3.05, 3.63) is 51.6 Å². The van der Waals surface area contributed by atoms with Crippen molar-refractivity contribution in [1.29, 1.82) is 0 Å². The minimum Gasteiger partial charge on any atom is -0.497 e. The standard InChI is InChI=1S/C25H25ClFN3O3S/c1-33-17-4-5-22-19(13-17)23(20(26)15-29-22)21(27)6-7-25(24(31)32)8-11-30(12-9-25)10-2-3-18-14-28-16-34-18/h4-5,13-16,21H,6-12H2,1H3,(H,31,32)/t21-/m1/s1. The van der Waals surface area contributed by atoms with E-state index in [4.69, 9.17) is 16.3 Å². The Morgan fingerprint density at radius 3 is 2.85 bits per heavy atom. The van der Waals surface area contributed by atoms with E-state index in [0.29, 0.717) is 54.7 Å². The largest absolute Gasteiger partial charge is 0.497 e. The number of carboxylic acid groups (broad SMARTS) is 1. The minimum absolute atomic E-state index is 0.0630. The molecular weight excluding hydrogens is 477 g/mol. The van der Waals surface area contributed by atoms with Crippen LogP contribution in [0.4, 0.5) is 4.39 Å². The molecule has 4 rings (SSSR count). The summed E-state index contributed by atoms with van der Waals surface area (Å²) < 4.78 is 20.8. The minimum atomic E-state index is -1.41. The molecule has 1 aliphatic heterocycles. The number of methoxy groups -OCH3 is 1. The topological polar surface area (TPSA) is 75.6 Å². The first-order valence-electron chi connectivity index (χ1n) is 11.0. The number of aliphatic carboxylic acids is 1. The summed E-state index contributed by atoms with van der Waals surface area (Å²) >= 11 is 7.82. The van der Waals surface area contributed by atoms with Gasteiger partial charge >= 0.3 is 5.97 Å². The molecule has 0 amide bonds. The van der Waals surface area contributed by atoms with Crippen molar-refractivity contribution in [1.82, 2.24) is 14.9 Å².